The van der Waals surface area contributed by atoms with Crippen LogP contribution in [0.15, 0.2) is 0 Å². The molecule has 0 aromatic carbocycles. The molecule has 2 rings (SSSR count). The molecule has 0 aromatic heterocycles. The minimum Gasteiger partial charge on any atom is -0.325 e. The Hall–Kier alpha value is -0.380. The van der Waals surface area contributed by atoms with Crippen LogP contribution in [0.5, 0.6) is 0 Å². The van der Waals surface area contributed by atoms with E-state index in [1.807, 2.05) is 11.8 Å². The molecule has 2 fully saturated rings. The van der Waals surface area contributed by atoms with E-state index in [1.54, 1.807) is 0 Å². The van der Waals surface area contributed by atoms with Gasteiger partial charge in [0.25, 0.3) is 0 Å². The first kappa shape index (κ1) is 13.1. The molecule has 0 unspecified atom stereocenters. The van der Waals surface area contributed by atoms with E-state index in [2.05, 4.69) is 23.6 Å². The second kappa shape index (κ2) is 5.51. The second-order valence-electron chi connectivity index (χ2n) is 5.71. The highest BCUT2D eigenvalue weighted by molar-refractivity contribution is 8.00. The molecule has 3 nitrogen and oxygen atoms in total. The van der Waals surface area contributed by atoms with Gasteiger partial charge in [-0.05, 0) is 26.7 Å². The van der Waals surface area contributed by atoms with Crippen LogP contribution in [0.3, 0.4) is 0 Å². The van der Waals surface area contributed by atoms with E-state index in [0.717, 1.165) is 31.9 Å². The Morgan fingerprint density at radius 1 is 1.00 bits per heavy atom. The van der Waals surface area contributed by atoms with Crippen molar-refractivity contribution >= 4 is 17.8 Å². The maximum Gasteiger partial charge on any atom is 0.320 e. The molecule has 0 atom stereocenters. The van der Waals surface area contributed by atoms with Gasteiger partial charge in [-0.25, -0.2) is 4.79 Å². The molecule has 2 amide bonds. The molecule has 17 heavy (non-hydrogen) atoms. The van der Waals surface area contributed by atoms with Crippen LogP contribution in [0.4, 0.5) is 4.79 Å². The summed E-state index contributed by atoms with van der Waals surface area (Å²) in [6, 6.07) is 0.278. The minimum atomic E-state index is 0.222. The highest BCUT2D eigenvalue weighted by atomic mass is 32.2. The molecule has 0 aliphatic carbocycles. The first-order chi connectivity index (χ1) is 8.08. The molecular weight excluding hydrogens is 232 g/mol. The highest BCUT2D eigenvalue weighted by Crippen LogP contribution is 2.30. The van der Waals surface area contributed by atoms with E-state index >= 15 is 0 Å². The summed E-state index contributed by atoms with van der Waals surface area (Å²) in [7, 11) is 0. The minimum absolute atomic E-state index is 0.222. The van der Waals surface area contributed by atoms with Crippen LogP contribution < -0.4 is 0 Å². The normalized spacial score (nSPS) is 25.5. The van der Waals surface area contributed by atoms with Gasteiger partial charge in [0.05, 0.1) is 0 Å². The van der Waals surface area contributed by atoms with E-state index in [9.17, 15) is 4.79 Å². The van der Waals surface area contributed by atoms with Gasteiger partial charge in [0.1, 0.15) is 0 Å². The largest absolute Gasteiger partial charge is 0.325 e. The lowest BCUT2D eigenvalue weighted by molar-refractivity contribution is 0.152. The molecule has 2 aliphatic heterocycles. The summed E-state index contributed by atoms with van der Waals surface area (Å²) in [6.07, 6.45) is 4.92. The van der Waals surface area contributed by atoms with Crippen molar-refractivity contribution in [3.63, 3.8) is 0 Å². The molecule has 0 aromatic rings. The monoisotopic (exact) mass is 256 g/mol. The number of carbonyl (C=O) groups is 1. The number of hydrogen-bond donors (Lipinski definition) is 0. The smallest absolute Gasteiger partial charge is 0.320 e. The fourth-order valence-corrected chi connectivity index (χ4v) is 3.75. The van der Waals surface area contributed by atoms with E-state index in [1.165, 1.54) is 25.7 Å². The van der Waals surface area contributed by atoms with Gasteiger partial charge in [-0.3, -0.25) is 0 Å². The van der Waals surface area contributed by atoms with E-state index in [4.69, 9.17) is 0 Å². The topological polar surface area (TPSA) is 23.6 Å². The molecule has 0 N–H and O–H groups in total. The molecule has 4 heteroatoms. The van der Waals surface area contributed by atoms with Crippen LogP contribution in [-0.2, 0) is 0 Å². The molecule has 2 saturated heterocycles. The van der Waals surface area contributed by atoms with Gasteiger partial charge in [0, 0.05) is 36.7 Å². The fourth-order valence-electron chi connectivity index (χ4n) is 2.64. The Balaban J connectivity index is 1.93. The molecule has 0 radical (unpaired) electrons. The molecule has 2 heterocycles. The SMILES string of the molecule is CC1(C)CN(C(=O)N2CCCCCC2)CCS1. The number of rotatable bonds is 0. The first-order valence-electron chi connectivity index (χ1n) is 6.76. The average Bonchev–Trinajstić information content (AvgIpc) is 2.55. The van der Waals surface area contributed by atoms with Crippen molar-refractivity contribution in [3.05, 3.63) is 0 Å². The third-order valence-corrected chi connectivity index (χ3v) is 4.87. The lowest BCUT2D eigenvalue weighted by Gasteiger charge is -2.39. The molecule has 98 valence electrons. The van der Waals surface area contributed by atoms with Gasteiger partial charge in [-0.1, -0.05) is 12.8 Å². The van der Waals surface area contributed by atoms with Gasteiger partial charge in [-0.2, -0.15) is 11.8 Å². The van der Waals surface area contributed by atoms with Crippen molar-refractivity contribution in [1.29, 1.82) is 0 Å². The summed E-state index contributed by atoms with van der Waals surface area (Å²) < 4.78 is 0.222. The number of hydrogen-bond acceptors (Lipinski definition) is 2. The van der Waals surface area contributed by atoms with Gasteiger partial charge < -0.3 is 9.80 Å². The molecule has 0 bridgehead atoms. The maximum atomic E-state index is 12.4. The Morgan fingerprint density at radius 3 is 2.24 bits per heavy atom. The predicted molar refractivity (Wildman–Crippen MR) is 73.5 cm³/mol. The van der Waals surface area contributed by atoms with Crippen LogP contribution in [0.2, 0.25) is 0 Å². The maximum absolute atomic E-state index is 12.4. The third kappa shape index (κ3) is 3.54. The van der Waals surface area contributed by atoms with Crippen LogP contribution >= 0.6 is 11.8 Å². The Kier molecular flexibility index (Phi) is 4.23. The lowest BCUT2D eigenvalue weighted by Crippen LogP contribution is -2.51. The molecular formula is C13H24N2OS. The number of urea groups is 1. The Bertz CT molecular complexity index is 273. The molecule has 2 aliphatic rings. The van der Waals surface area contributed by atoms with Gasteiger partial charge in [0.15, 0.2) is 0 Å². The van der Waals surface area contributed by atoms with E-state index in [-0.39, 0.29) is 10.8 Å². The molecule has 0 saturated carbocycles. The zero-order valence-electron chi connectivity index (χ0n) is 11.1. The van der Waals surface area contributed by atoms with E-state index < -0.39 is 0 Å². The predicted octanol–water partition coefficient (Wildman–Crippen LogP) is 2.81. The van der Waals surface area contributed by atoms with Crippen LogP contribution in [0, 0.1) is 0 Å². The summed E-state index contributed by atoms with van der Waals surface area (Å²) >= 11 is 1.98. The number of nitrogens with zero attached hydrogens (tertiary/aromatic N) is 2. The van der Waals surface area contributed by atoms with Crippen LogP contribution in [0.25, 0.3) is 0 Å². The van der Waals surface area contributed by atoms with E-state index in [0.29, 0.717) is 0 Å². The van der Waals surface area contributed by atoms with Gasteiger partial charge >= 0.3 is 6.03 Å². The van der Waals surface area contributed by atoms with Crippen molar-refractivity contribution in [3.8, 4) is 0 Å². The van der Waals surface area contributed by atoms with Crippen molar-refractivity contribution in [1.82, 2.24) is 9.80 Å². The Labute approximate surface area is 109 Å². The zero-order chi connectivity index (χ0) is 12.3. The number of amides is 2. The summed E-state index contributed by atoms with van der Waals surface area (Å²) in [5.74, 6) is 1.08. The summed E-state index contributed by atoms with van der Waals surface area (Å²) in [5, 5.41) is 0. The van der Waals surface area contributed by atoms with Crippen molar-refractivity contribution in [2.75, 3.05) is 31.9 Å². The van der Waals surface area contributed by atoms with Crippen LogP contribution in [0.1, 0.15) is 39.5 Å². The number of carbonyl (C=O) groups excluding carboxylic acids is 1. The summed E-state index contributed by atoms with van der Waals surface area (Å²) in [6.45, 7) is 8.21. The van der Waals surface area contributed by atoms with Crippen molar-refractivity contribution in [2.24, 2.45) is 0 Å². The van der Waals surface area contributed by atoms with Gasteiger partial charge in [0.2, 0.25) is 0 Å². The van der Waals surface area contributed by atoms with Gasteiger partial charge in [-0.15, -0.1) is 0 Å². The lowest BCUT2D eigenvalue weighted by atomic mass is 10.2. The number of likely N-dealkylation sites (tertiary alicyclic amines) is 1. The average molecular weight is 256 g/mol. The summed E-state index contributed by atoms with van der Waals surface area (Å²) in [5.41, 5.74) is 0. The second-order valence-corrected chi connectivity index (χ2v) is 7.52. The third-order valence-electron chi connectivity index (χ3n) is 3.57. The van der Waals surface area contributed by atoms with Crippen LogP contribution in [-0.4, -0.2) is 52.5 Å². The van der Waals surface area contributed by atoms with Crippen molar-refractivity contribution < 1.29 is 4.79 Å². The summed E-state index contributed by atoms with van der Waals surface area (Å²) in [4.78, 5) is 16.6. The fraction of sp³-hybridized carbons (Fsp3) is 0.923. The molecule has 0 spiro atoms. The zero-order valence-corrected chi connectivity index (χ0v) is 11.9. The first-order valence-corrected chi connectivity index (χ1v) is 7.75. The quantitative estimate of drug-likeness (QED) is 0.665. The standard InChI is InChI=1S/C13H24N2OS/c1-13(2)11-15(9-10-17-13)12(16)14-7-5-3-4-6-8-14/h3-11H2,1-2H3. The van der Waals surface area contributed by atoms with Crippen molar-refractivity contribution in [2.45, 2.75) is 44.3 Å². The highest BCUT2D eigenvalue weighted by Gasteiger charge is 2.31. The Morgan fingerprint density at radius 2 is 1.65 bits per heavy atom. The number of thioether (sulfide) groups is 1.